The van der Waals surface area contributed by atoms with Gasteiger partial charge in [0.2, 0.25) is 0 Å². The van der Waals surface area contributed by atoms with Crippen molar-refractivity contribution in [3.8, 4) is 5.75 Å². The summed E-state index contributed by atoms with van der Waals surface area (Å²) in [7, 11) is 0. The molecule has 0 saturated carbocycles. The minimum atomic E-state index is -0.923. The fraction of sp³-hybridized carbons (Fsp3) is 0.250. The molecule has 1 aromatic carbocycles. The van der Waals surface area contributed by atoms with Gasteiger partial charge >= 0.3 is 6.03 Å². The van der Waals surface area contributed by atoms with Crippen LogP contribution in [0.5, 0.6) is 5.75 Å². The van der Waals surface area contributed by atoms with Crippen molar-refractivity contribution < 1.29 is 19.1 Å². The third-order valence-corrected chi connectivity index (χ3v) is 2.23. The smallest absolute Gasteiger partial charge is 0.318 e. The number of nitrogens with one attached hydrogen (secondary N) is 1. The van der Waals surface area contributed by atoms with E-state index < -0.39 is 11.9 Å². The van der Waals surface area contributed by atoms with Gasteiger partial charge in [-0.25, -0.2) is 4.79 Å². The number of urea groups is 1. The second-order valence-electron chi connectivity index (χ2n) is 3.80. The van der Waals surface area contributed by atoms with E-state index in [0.29, 0.717) is 11.3 Å². The topological polar surface area (TPSA) is 98.5 Å². The molecule has 0 bridgehead atoms. The van der Waals surface area contributed by atoms with E-state index in [1.165, 1.54) is 0 Å². The molecule has 0 heterocycles. The number of ether oxygens (including phenoxy) is 1. The number of benzene rings is 1. The molecular weight excluding hydrogens is 236 g/mol. The van der Waals surface area contributed by atoms with E-state index >= 15 is 0 Å². The third kappa shape index (κ3) is 3.58. The molecule has 0 radical (unpaired) electrons. The molecule has 0 spiro atoms. The van der Waals surface area contributed by atoms with Crippen molar-refractivity contribution in [1.82, 2.24) is 5.32 Å². The highest BCUT2D eigenvalue weighted by Crippen LogP contribution is 2.24. The van der Waals surface area contributed by atoms with Crippen LogP contribution >= 0.6 is 0 Å². The normalized spacial score (nSPS) is 9.67. The summed E-state index contributed by atoms with van der Waals surface area (Å²) in [5, 5.41) is 1.89. The number of aryl methyl sites for hydroxylation is 2. The number of carbonyl (C=O) groups is 3. The number of aldehydes is 1. The molecule has 3 N–H and O–H groups in total. The highest BCUT2D eigenvalue weighted by molar-refractivity contribution is 5.94. The average Bonchev–Trinajstić information content (AvgIpc) is 2.26. The van der Waals surface area contributed by atoms with Gasteiger partial charge in [-0.15, -0.1) is 0 Å². The Morgan fingerprint density at radius 3 is 2.33 bits per heavy atom. The molecule has 3 amide bonds. The van der Waals surface area contributed by atoms with Gasteiger partial charge in [-0.05, 0) is 37.1 Å². The van der Waals surface area contributed by atoms with E-state index in [-0.39, 0.29) is 6.61 Å². The van der Waals surface area contributed by atoms with Crippen LogP contribution in [0.2, 0.25) is 0 Å². The number of hydrogen-bond acceptors (Lipinski definition) is 4. The van der Waals surface area contributed by atoms with Crippen LogP contribution in [0.4, 0.5) is 4.79 Å². The number of primary amides is 1. The largest absolute Gasteiger partial charge is 0.483 e. The maximum Gasteiger partial charge on any atom is 0.318 e. The van der Waals surface area contributed by atoms with Crippen LogP contribution in [0.1, 0.15) is 21.5 Å². The quantitative estimate of drug-likeness (QED) is 0.768. The van der Waals surface area contributed by atoms with Crippen molar-refractivity contribution in [3.63, 3.8) is 0 Å². The summed E-state index contributed by atoms with van der Waals surface area (Å²) < 4.78 is 5.29. The Morgan fingerprint density at radius 1 is 1.33 bits per heavy atom. The Morgan fingerprint density at radius 2 is 1.89 bits per heavy atom. The molecule has 18 heavy (non-hydrogen) atoms. The van der Waals surface area contributed by atoms with Crippen molar-refractivity contribution >= 4 is 18.2 Å². The molecule has 0 saturated heterocycles. The zero-order valence-corrected chi connectivity index (χ0v) is 10.1. The lowest BCUT2D eigenvalue weighted by Gasteiger charge is -2.12. The number of imide groups is 1. The lowest BCUT2D eigenvalue weighted by molar-refractivity contribution is -0.121. The van der Waals surface area contributed by atoms with Gasteiger partial charge in [-0.3, -0.25) is 14.9 Å². The standard InChI is InChI=1S/C12H14N2O4/c1-7-3-9(5-15)4-8(2)11(7)18-6-10(16)14-12(13)17/h3-5H,6H2,1-2H3,(H3,13,14,16,17). The SMILES string of the molecule is Cc1cc(C=O)cc(C)c1OCC(=O)NC(N)=O. The Labute approximate surface area is 104 Å². The van der Waals surface area contributed by atoms with Crippen LogP contribution in [-0.4, -0.2) is 24.8 Å². The van der Waals surface area contributed by atoms with E-state index in [2.05, 4.69) is 0 Å². The van der Waals surface area contributed by atoms with Crippen LogP contribution in [0, 0.1) is 13.8 Å². The van der Waals surface area contributed by atoms with Crippen LogP contribution in [0.3, 0.4) is 0 Å². The summed E-state index contributed by atoms with van der Waals surface area (Å²) in [4.78, 5) is 32.3. The molecule has 96 valence electrons. The van der Waals surface area contributed by atoms with Gasteiger partial charge in [0, 0.05) is 5.56 Å². The average molecular weight is 250 g/mol. The predicted molar refractivity (Wildman–Crippen MR) is 64.5 cm³/mol. The van der Waals surface area contributed by atoms with E-state index in [4.69, 9.17) is 10.5 Å². The maximum absolute atomic E-state index is 11.2. The maximum atomic E-state index is 11.2. The molecule has 0 aromatic heterocycles. The fourth-order valence-electron chi connectivity index (χ4n) is 1.59. The molecule has 6 heteroatoms. The third-order valence-electron chi connectivity index (χ3n) is 2.23. The summed E-state index contributed by atoms with van der Waals surface area (Å²) in [6.07, 6.45) is 0.740. The lowest BCUT2D eigenvalue weighted by Crippen LogP contribution is -2.38. The molecule has 0 fully saturated rings. The number of hydrogen-bond donors (Lipinski definition) is 2. The Balaban J connectivity index is 2.76. The zero-order chi connectivity index (χ0) is 13.7. The molecule has 6 nitrogen and oxygen atoms in total. The summed E-state index contributed by atoms with van der Waals surface area (Å²) in [5.74, 6) is -0.110. The van der Waals surface area contributed by atoms with Crippen LogP contribution in [0.25, 0.3) is 0 Å². The molecule has 0 aliphatic heterocycles. The minimum absolute atomic E-state index is 0.314. The van der Waals surface area contributed by atoms with Crippen molar-refractivity contribution in [2.75, 3.05) is 6.61 Å². The second-order valence-corrected chi connectivity index (χ2v) is 3.80. The monoisotopic (exact) mass is 250 g/mol. The first kappa shape index (κ1) is 13.7. The summed E-state index contributed by atoms with van der Waals surface area (Å²) in [6.45, 7) is 3.22. The van der Waals surface area contributed by atoms with Crippen molar-refractivity contribution in [2.24, 2.45) is 5.73 Å². The van der Waals surface area contributed by atoms with Gasteiger partial charge < -0.3 is 10.5 Å². The Hall–Kier alpha value is -2.37. The molecule has 0 aliphatic rings. The van der Waals surface area contributed by atoms with Gasteiger partial charge in [0.1, 0.15) is 12.0 Å². The molecule has 1 rings (SSSR count). The zero-order valence-electron chi connectivity index (χ0n) is 10.1. The number of nitrogens with two attached hydrogens (primary N) is 1. The first-order chi connectivity index (χ1) is 8.43. The molecule has 0 atom stereocenters. The Bertz CT molecular complexity index is 474. The first-order valence-electron chi connectivity index (χ1n) is 5.22. The number of amides is 3. The summed E-state index contributed by atoms with van der Waals surface area (Å²) in [5.41, 5.74) is 6.81. The van der Waals surface area contributed by atoms with Crippen LogP contribution in [-0.2, 0) is 4.79 Å². The van der Waals surface area contributed by atoms with Crippen molar-refractivity contribution in [2.45, 2.75) is 13.8 Å². The van der Waals surface area contributed by atoms with Crippen LogP contribution < -0.4 is 15.8 Å². The number of rotatable bonds is 4. The number of carbonyl (C=O) groups excluding carboxylic acids is 3. The summed E-state index contributed by atoms with van der Waals surface area (Å²) >= 11 is 0. The van der Waals surface area contributed by atoms with Crippen molar-refractivity contribution in [1.29, 1.82) is 0 Å². The van der Waals surface area contributed by atoms with Gasteiger partial charge in [0.25, 0.3) is 5.91 Å². The molecule has 1 aromatic rings. The molecule has 0 unspecified atom stereocenters. The highest BCUT2D eigenvalue weighted by Gasteiger charge is 2.10. The van der Waals surface area contributed by atoms with Gasteiger partial charge in [-0.1, -0.05) is 0 Å². The predicted octanol–water partition coefficient (Wildman–Crippen LogP) is 0.690. The molecular formula is C12H14N2O4. The van der Waals surface area contributed by atoms with E-state index in [1.807, 2.05) is 5.32 Å². The van der Waals surface area contributed by atoms with Gasteiger partial charge in [-0.2, -0.15) is 0 Å². The lowest BCUT2D eigenvalue weighted by atomic mass is 10.1. The Kier molecular flexibility index (Phi) is 4.42. The highest BCUT2D eigenvalue weighted by atomic mass is 16.5. The van der Waals surface area contributed by atoms with E-state index in [9.17, 15) is 14.4 Å². The second kappa shape index (κ2) is 5.81. The summed E-state index contributed by atoms with van der Waals surface area (Å²) in [6, 6.07) is 2.39. The van der Waals surface area contributed by atoms with Gasteiger partial charge in [0.05, 0.1) is 0 Å². The van der Waals surface area contributed by atoms with Crippen molar-refractivity contribution in [3.05, 3.63) is 28.8 Å². The van der Waals surface area contributed by atoms with E-state index in [1.54, 1.807) is 26.0 Å². The molecule has 0 aliphatic carbocycles. The van der Waals surface area contributed by atoms with Crippen LogP contribution in [0.15, 0.2) is 12.1 Å². The van der Waals surface area contributed by atoms with Gasteiger partial charge in [0.15, 0.2) is 6.61 Å². The first-order valence-corrected chi connectivity index (χ1v) is 5.22. The van der Waals surface area contributed by atoms with E-state index in [0.717, 1.165) is 17.4 Å². The fourth-order valence-corrected chi connectivity index (χ4v) is 1.59. The minimum Gasteiger partial charge on any atom is -0.483 e.